The molecule has 15 heavy (non-hydrogen) atoms. The molecular weight excluding hydrogens is 326 g/mol. The molecule has 0 atom stereocenters. The largest absolute Gasteiger partial charge is 0.573 e. The van der Waals surface area contributed by atoms with E-state index < -0.39 is 12.1 Å². The van der Waals surface area contributed by atoms with E-state index in [2.05, 4.69) is 9.72 Å². The van der Waals surface area contributed by atoms with Crippen molar-refractivity contribution in [1.29, 1.82) is 5.26 Å². The summed E-state index contributed by atoms with van der Waals surface area (Å²) in [5.41, 5.74) is 5.07. The molecule has 1 rings (SSSR count). The van der Waals surface area contributed by atoms with Gasteiger partial charge in [0.25, 0.3) is 0 Å². The molecule has 0 aromatic carbocycles. The number of aromatic nitrogens is 1. The highest BCUT2D eigenvalue weighted by Gasteiger charge is 2.32. The van der Waals surface area contributed by atoms with Crippen LogP contribution < -0.4 is 10.5 Å². The highest BCUT2D eigenvalue weighted by molar-refractivity contribution is 14.1. The van der Waals surface area contributed by atoms with Gasteiger partial charge in [0.2, 0.25) is 0 Å². The zero-order chi connectivity index (χ0) is 11.6. The van der Waals surface area contributed by atoms with Crippen molar-refractivity contribution in [3.05, 3.63) is 15.3 Å². The van der Waals surface area contributed by atoms with Crippen molar-refractivity contribution in [3.63, 3.8) is 0 Å². The summed E-state index contributed by atoms with van der Waals surface area (Å²) in [7, 11) is 0. The summed E-state index contributed by atoms with van der Waals surface area (Å²) in [6.07, 6.45) is -4.82. The molecule has 1 aromatic rings. The van der Waals surface area contributed by atoms with Gasteiger partial charge in [0, 0.05) is 6.07 Å². The maximum absolute atomic E-state index is 11.9. The van der Waals surface area contributed by atoms with Crippen molar-refractivity contribution in [3.8, 4) is 11.8 Å². The first-order valence-electron chi connectivity index (χ1n) is 3.45. The zero-order valence-electron chi connectivity index (χ0n) is 6.97. The second-order valence-corrected chi connectivity index (χ2v) is 3.44. The molecule has 1 aromatic heterocycles. The van der Waals surface area contributed by atoms with Crippen LogP contribution in [0.15, 0.2) is 6.07 Å². The lowest BCUT2D eigenvalue weighted by atomic mass is 10.3. The van der Waals surface area contributed by atoms with Gasteiger partial charge < -0.3 is 10.5 Å². The highest BCUT2D eigenvalue weighted by Crippen LogP contribution is 2.30. The average molecular weight is 329 g/mol. The third-order valence-corrected chi connectivity index (χ3v) is 2.37. The Morgan fingerprint density at radius 2 is 2.13 bits per heavy atom. The lowest BCUT2D eigenvalue weighted by molar-refractivity contribution is -0.274. The van der Waals surface area contributed by atoms with Gasteiger partial charge in [-0.1, -0.05) is 0 Å². The number of nitriles is 1. The number of rotatable bonds is 1. The normalized spacial score (nSPS) is 10.9. The van der Waals surface area contributed by atoms with Crippen LogP contribution in [0.25, 0.3) is 0 Å². The fourth-order valence-corrected chi connectivity index (χ4v) is 1.17. The fraction of sp³-hybridized carbons (Fsp3) is 0.143. The van der Waals surface area contributed by atoms with Crippen molar-refractivity contribution in [2.75, 3.05) is 5.73 Å². The van der Waals surface area contributed by atoms with Crippen molar-refractivity contribution >= 4 is 28.4 Å². The minimum absolute atomic E-state index is 0.0175. The van der Waals surface area contributed by atoms with Crippen LogP contribution >= 0.6 is 22.6 Å². The number of halogens is 4. The number of alkyl halides is 3. The summed E-state index contributed by atoms with van der Waals surface area (Å²) in [6, 6.07) is 2.46. The van der Waals surface area contributed by atoms with Crippen molar-refractivity contribution < 1.29 is 17.9 Å². The van der Waals surface area contributed by atoms with E-state index in [0.717, 1.165) is 6.07 Å². The molecule has 4 nitrogen and oxygen atoms in total. The lowest BCUT2D eigenvalue weighted by Crippen LogP contribution is -2.18. The fourth-order valence-electron chi connectivity index (χ4n) is 0.781. The van der Waals surface area contributed by atoms with E-state index in [1.807, 2.05) is 0 Å². The van der Waals surface area contributed by atoms with E-state index in [1.165, 1.54) is 0 Å². The van der Waals surface area contributed by atoms with Crippen LogP contribution in [0.2, 0.25) is 0 Å². The van der Waals surface area contributed by atoms with Gasteiger partial charge in [-0.05, 0) is 22.6 Å². The quantitative estimate of drug-likeness (QED) is 0.801. The van der Waals surface area contributed by atoms with Gasteiger partial charge in [0.05, 0.1) is 3.57 Å². The molecule has 0 bridgehead atoms. The molecule has 0 radical (unpaired) electrons. The summed E-state index contributed by atoms with van der Waals surface area (Å²) in [5.74, 6) is -0.693. The van der Waals surface area contributed by atoms with E-state index in [4.69, 9.17) is 11.0 Å². The predicted octanol–water partition coefficient (Wildman–Crippen LogP) is 2.04. The summed E-state index contributed by atoms with van der Waals surface area (Å²) in [6.45, 7) is 0. The number of nitrogen functional groups attached to an aromatic ring is 1. The SMILES string of the molecule is N#Cc1cc(OC(F)(F)F)c(I)c(N)n1. The predicted molar refractivity (Wildman–Crippen MR) is 52.8 cm³/mol. The third-order valence-electron chi connectivity index (χ3n) is 1.29. The van der Waals surface area contributed by atoms with Gasteiger partial charge in [-0.15, -0.1) is 13.2 Å². The minimum Gasteiger partial charge on any atom is -0.404 e. The molecule has 1 heterocycles. The van der Waals surface area contributed by atoms with E-state index in [0.29, 0.717) is 0 Å². The maximum atomic E-state index is 11.9. The van der Waals surface area contributed by atoms with Crippen LogP contribution in [0.1, 0.15) is 5.69 Å². The molecule has 8 heteroatoms. The Morgan fingerprint density at radius 3 is 2.60 bits per heavy atom. The average Bonchev–Trinajstić information content (AvgIpc) is 2.10. The van der Waals surface area contributed by atoms with Crippen molar-refractivity contribution in [2.45, 2.75) is 6.36 Å². The van der Waals surface area contributed by atoms with Crippen LogP contribution in [0, 0.1) is 14.9 Å². The van der Waals surface area contributed by atoms with Gasteiger partial charge in [0.15, 0.2) is 0 Å². The van der Waals surface area contributed by atoms with Crippen molar-refractivity contribution in [1.82, 2.24) is 4.98 Å². The Labute approximate surface area is 96.0 Å². The first kappa shape index (κ1) is 11.8. The highest BCUT2D eigenvalue weighted by atomic mass is 127. The maximum Gasteiger partial charge on any atom is 0.573 e. The Morgan fingerprint density at radius 1 is 1.53 bits per heavy atom. The van der Waals surface area contributed by atoms with Gasteiger partial charge in [-0.2, -0.15) is 5.26 Å². The van der Waals surface area contributed by atoms with Crippen LogP contribution in [0.5, 0.6) is 5.75 Å². The van der Waals surface area contributed by atoms with Crippen molar-refractivity contribution in [2.24, 2.45) is 0 Å². The number of hydrogen-bond donors (Lipinski definition) is 1. The Balaban J connectivity index is 3.18. The van der Waals surface area contributed by atoms with E-state index in [9.17, 15) is 13.2 Å². The molecule has 0 saturated heterocycles. The number of hydrogen-bond acceptors (Lipinski definition) is 4. The Kier molecular flexibility index (Phi) is 3.23. The molecule has 80 valence electrons. The van der Waals surface area contributed by atoms with Crippen LogP contribution in [0.4, 0.5) is 19.0 Å². The number of nitrogens with two attached hydrogens (primary N) is 1. The number of pyridine rings is 1. The molecule has 0 spiro atoms. The van der Waals surface area contributed by atoms with Crippen LogP contribution in [-0.4, -0.2) is 11.3 Å². The molecule has 0 saturated carbocycles. The lowest BCUT2D eigenvalue weighted by Gasteiger charge is -2.11. The minimum atomic E-state index is -4.82. The summed E-state index contributed by atoms with van der Waals surface area (Å²) >= 11 is 1.56. The second kappa shape index (κ2) is 4.09. The summed E-state index contributed by atoms with van der Waals surface area (Å²) in [5, 5.41) is 8.47. The number of ether oxygens (including phenoxy) is 1. The first-order chi connectivity index (χ1) is 6.83. The molecule has 0 aliphatic rings. The summed E-state index contributed by atoms with van der Waals surface area (Å²) in [4.78, 5) is 3.54. The molecule has 0 aliphatic carbocycles. The van der Waals surface area contributed by atoms with Gasteiger partial charge in [0.1, 0.15) is 23.3 Å². The first-order valence-corrected chi connectivity index (χ1v) is 4.53. The van der Waals surface area contributed by atoms with Gasteiger partial charge >= 0.3 is 6.36 Å². The Hall–Kier alpha value is -1.24. The second-order valence-electron chi connectivity index (χ2n) is 2.36. The molecule has 0 aliphatic heterocycles. The monoisotopic (exact) mass is 329 g/mol. The molecule has 0 fully saturated rings. The topological polar surface area (TPSA) is 71.9 Å². The van der Waals surface area contributed by atoms with E-state index in [1.54, 1.807) is 28.7 Å². The smallest absolute Gasteiger partial charge is 0.404 e. The van der Waals surface area contributed by atoms with Gasteiger partial charge in [-0.3, -0.25) is 0 Å². The molecule has 0 unspecified atom stereocenters. The molecular formula is C7H3F3IN3O. The molecule has 0 amide bonds. The number of nitrogens with zero attached hydrogens (tertiary/aromatic N) is 2. The zero-order valence-corrected chi connectivity index (χ0v) is 9.13. The van der Waals surface area contributed by atoms with E-state index >= 15 is 0 Å². The number of anilines is 1. The third kappa shape index (κ3) is 3.12. The van der Waals surface area contributed by atoms with Crippen LogP contribution in [-0.2, 0) is 0 Å². The Bertz CT molecular complexity index is 427. The standard InChI is InChI=1S/C7H3F3IN3O/c8-7(9,10)15-4-1-3(2-12)14-6(13)5(4)11/h1H,(H2,13,14). The van der Waals surface area contributed by atoms with Gasteiger partial charge in [-0.25, -0.2) is 4.98 Å². The molecule has 2 N–H and O–H groups in total. The summed E-state index contributed by atoms with van der Waals surface area (Å²) < 4.78 is 39.5. The van der Waals surface area contributed by atoms with Crippen LogP contribution in [0.3, 0.4) is 0 Å². The van der Waals surface area contributed by atoms with E-state index in [-0.39, 0.29) is 15.1 Å².